The number of pyridine rings is 1. The van der Waals surface area contributed by atoms with Crippen molar-refractivity contribution >= 4 is 10.9 Å². The number of hydrogen-bond donors (Lipinski definition) is 0. The second kappa shape index (κ2) is 3.12. The number of halogens is 1. The molecular formula is C12H8FN. The number of aryl methyl sites for hydroxylation is 1. The lowest BCUT2D eigenvalue weighted by Gasteiger charge is -2.02. The third-order valence-corrected chi connectivity index (χ3v) is 2.15. The Morgan fingerprint density at radius 1 is 1.43 bits per heavy atom. The Balaban J connectivity index is 2.89. The molecule has 0 radical (unpaired) electrons. The quantitative estimate of drug-likeness (QED) is 0.575. The van der Waals surface area contributed by atoms with Gasteiger partial charge in [0.1, 0.15) is 5.82 Å². The fraction of sp³-hybridized carbons (Fsp3) is 0.0833. The van der Waals surface area contributed by atoms with E-state index < -0.39 is 0 Å². The molecule has 1 aromatic heterocycles. The molecule has 0 fully saturated rings. The van der Waals surface area contributed by atoms with Gasteiger partial charge < -0.3 is 0 Å². The van der Waals surface area contributed by atoms with Crippen molar-refractivity contribution in [2.45, 2.75) is 6.92 Å². The standard InChI is InChI=1S/C12H8FN/c1-3-9-7-10-11(13)5-4-6-12(10)14-8(9)2/h1,4-7H,2H3. The first-order valence-corrected chi connectivity index (χ1v) is 4.25. The molecule has 0 atom stereocenters. The maximum atomic E-state index is 13.3. The zero-order valence-electron chi connectivity index (χ0n) is 7.71. The van der Waals surface area contributed by atoms with Crippen LogP contribution in [0.1, 0.15) is 11.3 Å². The maximum absolute atomic E-state index is 13.3. The van der Waals surface area contributed by atoms with E-state index in [1.54, 1.807) is 18.2 Å². The van der Waals surface area contributed by atoms with Gasteiger partial charge in [0.15, 0.2) is 0 Å². The molecule has 0 unspecified atom stereocenters. The third-order valence-electron chi connectivity index (χ3n) is 2.15. The van der Waals surface area contributed by atoms with Crippen molar-refractivity contribution < 1.29 is 4.39 Å². The van der Waals surface area contributed by atoms with Crippen molar-refractivity contribution in [2.75, 3.05) is 0 Å². The molecule has 0 spiro atoms. The summed E-state index contributed by atoms with van der Waals surface area (Å²) in [6.45, 7) is 1.82. The Labute approximate surface area is 81.6 Å². The van der Waals surface area contributed by atoms with E-state index in [1.807, 2.05) is 6.92 Å². The van der Waals surface area contributed by atoms with Gasteiger partial charge in [-0.15, -0.1) is 6.42 Å². The SMILES string of the molecule is C#Cc1cc2c(F)cccc2nc1C. The van der Waals surface area contributed by atoms with Crippen molar-refractivity contribution in [3.63, 3.8) is 0 Å². The van der Waals surface area contributed by atoms with Gasteiger partial charge in [0, 0.05) is 10.9 Å². The van der Waals surface area contributed by atoms with E-state index in [4.69, 9.17) is 6.42 Å². The largest absolute Gasteiger partial charge is 0.252 e. The minimum Gasteiger partial charge on any atom is -0.252 e. The van der Waals surface area contributed by atoms with Crippen LogP contribution in [0.5, 0.6) is 0 Å². The van der Waals surface area contributed by atoms with E-state index in [9.17, 15) is 4.39 Å². The zero-order valence-corrected chi connectivity index (χ0v) is 7.71. The highest BCUT2D eigenvalue weighted by molar-refractivity contribution is 5.80. The number of terminal acetylenes is 1. The average Bonchev–Trinajstić information content (AvgIpc) is 2.17. The van der Waals surface area contributed by atoms with Gasteiger partial charge in [0.25, 0.3) is 0 Å². The van der Waals surface area contributed by atoms with E-state index in [2.05, 4.69) is 10.9 Å². The highest BCUT2D eigenvalue weighted by atomic mass is 19.1. The molecule has 0 aliphatic carbocycles. The monoisotopic (exact) mass is 185 g/mol. The molecule has 0 aliphatic rings. The van der Waals surface area contributed by atoms with Crippen LogP contribution in [0.2, 0.25) is 0 Å². The molecule has 1 nitrogen and oxygen atoms in total. The second-order valence-electron chi connectivity index (χ2n) is 3.07. The van der Waals surface area contributed by atoms with E-state index in [1.165, 1.54) is 6.07 Å². The van der Waals surface area contributed by atoms with Crippen molar-refractivity contribution in [1.82, 2.24) is 4.98 Å². The summed E-state index contributed by atoms with van der Waals surface area (Å²) in [5.74, 6) is 2.20. The van der Waals surface area contributed by atoms with Crippen LogP contribution < -0.4 is 0 Å². The van der Waals surface area contributed by atoms with Gasteiger partial charge in [-0.05, 0) is 25.1 Å². The molecule has 0 amide bonds. The summed E-state index contributed by atoms with van der Waals surface area (Å²) in [5.41, 5.74) is 2.04. The van der Waals surface area contributed by atoms with Crippen LogP contribution >= 0.6 is 0 Å². The zero-order chi connectivity index (χ0) is 10.1. The topological polar surface area (TPSA) is 12.9 Å². The summed E-state index contributed by atoms with van der Waals surface area (Å²) in [4.78, 5) is 4.22. The number of aromatic nitrogens is 1. The molecule has 68 valence electrons. The van der Waals surface area contributed by atoms with Crippen molar-refractivity contribution in [1.29, 1.82) is 0 Å². The predicted octanol–water partition coefficient (Wildman–Crippen LogP) is 2.66. The highest BCUT2D eigenvalue weighted by Crippen LogP contribution is 2.18. The van der Waals surface area contributed by atoms with Crippen LogP contribution in [-0.4, -0.2) is 4.98 Å². The smallest absolute Gasteiger partial charge is 0.132 e. The molecule has 0 saturated carbocycles. The minimum absolute atomic E-state index is 0.286. The second-order valence-corrected chi connectivity index (χ2v) is 3.07. The Hall–Kier alpha value is -1.88. The molecule has 2 rings (SSSR count). The Kier molecular flexibility index (Phi) is 1.94. The van der Waals surface area contributed by atoms with Crippen molar-refractivity contribution in [3.8, 4) is 12.3 Å². The first-order valence-electron chi connectivity index (χ1n) is 4.25. The van der Waals surface area contributed by atoms with E-state index in [0.29, 0.717) is 16.5 Å². The van der Waals surface area contributed by atoms with Crippen LogP contribution in [0.15, 0.2) is 24.3 Å². The molecular weight excluding hydrogens is 177 g/mol. The molecule has 14 heavy (non-hydrogen) atoms. The Morgan fingerprint density at radius 2 is 2.21 bits per heavy atom. The summed E-state index contributed by atoms with van der Waals surface area (Å²) in [5, 5.41) is 0.478. The van der Waals surface area contributed by atoms with Crippen LogP contribution in [0.25, 0.3) is 10.9 Å². The lowest BCUT2D eigenvalue weighted by Crippen LogP contribution is -1.90. The molecule has 2 aromatic rings. The molecule has 0 N–H and O–H groups in total. The van der Waals surface area contributed by atoms with Crippen molar-refractivity contribution in [2.24, 2.45) is 0 Å². The van der Waals surface area contributed by atoms with E-state index >= 15 is 0 Å². The number of benzene rings is 1. The first kappa shape index (κ1) is 8.71. The molecule has 1 heterocycles. The van der Waals surface area contributed by atoms with Gasteiger partial charge in [0.2, 0.25) is 0 Å². The van der Waals surface area contributed by atoms with Gasteiger partial charge in [-0.3, -0.25) is 4.98 Å². The normalized spacial score (nSPS) is 10.1. The van der Waals surface area contributed by atoms with Crippen LogP contribution in [0.4, 0.5) is 4.39 Å². The first-order chi connectivity index (χ1) is 6.72. The number of rotatable bonds is 0. The van der Waals surface area contributed by atoms with Crippen LogP contribution in [0, 0.1) is 25.1 Å². The summed E-state index contributed by atoms with van der Waals surface area (Å²) >= 11 is 0. The number of hydrogen-bond acceptors (Lipinski definition) is 1. The fourth-order valence-electron chi connectivity index (χ4n) is 1.40. The van der Waals surface area contributed by atoms with E-state index in [-0.39, 0.29) is 5.82 Å². The van der Waals surface area contributed by atoms with Gasteiger partial charge >= 0.3 is 0 Å². The van der Waals surface area contributed by atoms with Gasteiger partial charge in [-0.1, -0.05) is 12.0 Å². The Morgan fingerprint density at radius 3 is 2.93 bits per heavy atom. The lowest BCUT2D eigenvalue weighted by molar-refractivity contribution is 0.639. The molecule has 0 saturated heterocycles. The predicted molar refractivity (Wildman–Crippen MR) is 54.4 cm³/mol. The summed E-state index contributed by atoms with van der Waals surface area (Å²) in [6.07, 6.45) is 5.28. The number of fused-ring (bicyclic) bond motifs is 1. The Bertz CT molecular complexity index is 538. The summed E-state index contributed by atoms with van der Waals surface area (Å²) < 4.78 is 13.3. The summed E-state index contributed by atoms with van der Waals surface area (Å²) in [7, 11) is 0. The molecule has 1 aromatic carbocycles. The lowest BCUT2D eigenvalue weighted by atomic mass is 10.1. The van der Waals surface area contributed by atoms with Gasteiger partial charge in [-0.2, -0.15) is 0 Å². The van der Waals surface area contributed by atoms with Crippen molar-refractivity contribution in [3.05, 3.63) is 41.3 Å². The van der Waals surface area contributed by atoms with Gasteiger partial charge in [-0.25, -0.2) is 4.39 Å². The molecule has 2 heteroatoms. The fourth-order valence-corrected chi connectivity index (χ4v) is 1.40. The van der Waals surface area contributed by atoms with Gasteiger partial charge in [0.05, 0.1) is 11.2 Å². The number of nitrogens with zero attached hydrogens (tertiary/aromatic N) is 1. The average molecular weight is 185 g/mol. The van der Waals surface area contributed by atoms with Crippen LogP contribution in [0.3, 0.4) is 0 Å². The third kappa shape index (κ3) is 1.23. The van der Waals surface area contributed by atoms with E-state index in [0.717, 1.165) is 5.69 Å². The molecule has 0 bridgehead atoms. The maximum Gasteiger partial charge on any atom is 0.132 e. The molecule has 0 aliphatic heterocycles. The van der Waals surface area contributed by atoms with Crippen LogP contribution in [-0.2, 0) is 0 Å². The minimum atomic E-state index is -0.286. The highest BCUT2D eigenvalue weighted by Gasteiger charge is 2.04. The summed E-state index contributed by atoms with van der Waals surface area (Å²) in [6, 6.07) is 6.47.